The van der Waals surface area contributed by atoms with Gasteiger partial charge in [0.15, 0.2) is 6.29 Å². The minimum atomic E-state index is -1.53. The molecule has 0 aromatic rings. The number of carbonyl (C=O) groups is 2. The Morgan fingerprint density at radius 2 is 1.38 bits per heavy atom. The lowest BCUT2D eigenvalue weighted by Gasteiger charge is -2.48. The van der Waals surface area contributed by atoms with Crippen LogP contribution in [0.5, 0.6) is 0 Å². The van der Waals surface area contributed by atoms with Gasteiger partial charge in [0.2, 0.25) is 11.8 Å². The Balaban J connectivity index is 2.31. The third-order valence-corrected chi connectivity index (χ3v) is 5.06. The van der Waals surface area contributed by atoms with Crippen molar-refractivity contribution in [1.82, 2.24) is 10.6 Å². The van der Waals surface area contributed by atoms with Gasteiger partial charge < -0.3 is 50.4 Å². The molecule has 0 spiro atoms. The zero-order chi connectivity index (χ0) is 21.9. The van der Waals surface area contributed by atoms with Gasteiger partial charge in [-0.05, 0) is 6.92 Å². The first-order chi connectivity index (χ1) is 13.6. The molecule has 0 aromatic heterocycles. The van der Waals surface area contributed by atoms with Gasteiger partial charge in [0, 0.05) is 13.8 Å². The van der Waals surface area contributed by atoms with Gasteiger partial charge in [-0.25, -0.2) is 0 Å². The second-order valence-corrected chi connectivity index (χ2v) is 7.31. The molecule has 7 N–H and O–H groups in total. The normalized spacial score (nSPS) is 42.9. The van der Waals surface area contributed by atoms with Crippen LogP contribution in [0.1, 0.15) is 20.8 Å². The molecule has 2 saturated heterocycles. The monoisotopic (exact) mass is 422 g/mol. The van der Waals surface area contributed by atoms with Gasteiger partial charge in [-0.1, -0.05) is 0 Å². The van der Waals surface area contributed by atoms with Gasteiger partial charge in [0.1, 0.15) is 42.7 Å². The van der Waals surface area contributed by atoms with Crippen molar-refractivity contribution in [1.29, 1.82) is 0 Å². The van der Waals surface area contributed by atoms with Crippen molar-refractivity contribution in [2.75, 3.05) is 13.2 Å². The average Bonchev–Trinajstić information content (AvgIpc) is 2.65. The summed E-state index contributed by atoms with van der Waals surface area (Å²) in [5.74, 6) is -0.950. The highest BCUT2D eigenvalue weighted by Crippen LogP contribution is 2.29. The van der Waals surface area contributed by atoms with Gasteiger partial charge in [-0.15, -0.1) is 0 Å². The number of hydrogen-bond acceptors (Lipinski definition) is 10. The van der Waals surface area contributed by atoms with Crippen molar-refractivity contribution in [2.24, 2.45) is 0 Å². The van der Waals surface area contributed by atoms with Crippen LogP contribution in [0, 0.1) is 0 Å². The van der Waals surface area contributed by atoms with Crippen LogP contribution < -0.4 is 10.6 Å². The second kappa shape index (κ2) is 10.1. The van der Waals surface area contributed by atoms with Crippen molar-refractivity contribution in [2.45, 2.75) is 81.9 Å². The van der Waals surface area contributed by atoms with Crippen LogP contribution in [0.4, 0.5) is 0 Å². The molecule has 10 atom stereocenters. The Morgan fingerprint density at radius 1 is 0.862 bits per heavy atom. The van der Waals surface area contributed by atoms with Crippen molar-refractivity contribution < 1.29 is 49.3 Å². The van der Waals surface area contributed by atoms with E-state index in [4.69, 9.17) is 14.2 Å². The van der Waals surface area contributed by atoms with E-state index in [-0.39, 0.29) is 0 Å². The predicted octanol–water partition coefficient (Wildman–Crippen LogP) is -4.04. The summed E-state index contributed by atoms with van der Waals surface area (Å²) in [5, 5.41) is 55.0. The number of aliphatic hydroxyl groups excluding tert-OH is 5. The molecule has 0 aliphatic carbocycles. The first kappa shape index (κ1) is 23.9. The smallest absolute Gasteiger partial charge is 0.217 e. The zero-order valence-electron chi connectivity index (χ0n) is 16.5. The molecule has 2 rings (SSSR count). The average molecular weight is 422 g/mol. The van der Waals surface area contributed by atoms with Gasteiger partial charge in [-0.2, -0.15) is 0 Å². The summed E-state index contributed by atoms with van der Waals surface area (Å²) in [6, 6.07) is -2.07. The summed E-state index contributed by atoms with van der Waals surface area (Å²) in [6.45, 7) is 2.94. The number of hydrogen-bond donors (Lipinski definition) is 7. The molecule has 2 fully saturated rings. The fourth-order valence-electron chi connectivity index (χ4n) is 3.62. The third kappa shape index (κ3) is 5.41. The van der Waals surface area contributed by atoms with Crippen LogP contribution in [0.3, 0.4) is 0 Å². The molecular formula is C17H30N2O10. The van der Waals surface area contributed by atoms with Crippen LogP contribution in [-0.2, 0) is 23.8 Å². The maximum Gasteiger partial charge on any atom is 0.217 e. The Morgan fingerprint density at radius 3 is 1.90 bits per heavy atom. The lowest BCUT2D eigenvalue weighted by atomic mass is 9.92. The van der Waals surface area contributed by atoms with E-state index in [1.54, 1.807) is 6.92 Å². The fourth-order valence-corrected chi connectivity index (χ4v) is 3.62. The Hall–Kier alpha value is -1.38. The first-order valence-corrected chi connectivity index (χ1v) is 9.37. The maximum absolute atomic E-state index is 11.6. The van der Waals surface area contributed by atoms with Crippen LogP contribution in [0.25, 0.3) is 0 Å². The van der Waals surface area contributed by atoms with E-state index in [1.165, 1.54) is 13.8 Å². The number of carbonyl (C=O) groups excluding carboxylic acids is 2. The quantitative estimate of drug-likeness (QED) is 0.222. The minimum absolute atomic E-state index is 0.416. The van der Waals surface area contributed by atoms with E-state index < -0.39 is 86.1 Å². The number of ether oxygens (including phenoxy) is 3. The molecule has 168 valence electrons. The van der Waals surface area contributed by atoms with E-state index in [0.717, 1.165) is 0 Å². The summed E-state index contributed by atoms with van der Waals surface area (Å²) < 4.78 is 16.9. The van der Waals surface area contributed by atoms with Crippen LogP contribution in [0.2, 0.25) is 0 Å². The lowest BCUT2D eigenvalue weighted by Crippen LogP contribution is -2.69. The molecule has 0 radical (unpaired) electrons. The molecule has 0 saturated carbocycles. The molecule has 12 nitrogen and oxygen atoms in total. The summed E-state index contributed by atoms with van der Waals surface area (Å²) in [5.41, 5.74) is 0. The SMILES string of the molecule is CC(=O)N[C@@H]1[C@@H](O[C@H]2O[C@H](CO)[C@@H](O)[C@H](O)[C@H]2NC(C)=O)[C@@H](O)[C@@H](CO)O[C@@H]1C. The van der Waals surface area contributed by atoms with Gasteiger partial charge >= 0.3 is 0 Å². The van der Waals surface area contributed by atoms with Crippen LogP contribution in [-0.4, -0.2) is 112 Å². The highest BCUT2D eigenvalue weighted by atomic mass is 16.7. The van der Waals surface area contributed by atoms with Crippen LogP contribution in [0.15, 0.2) is 0 Å². The third-order valence-electron chi connectivity index (χ3n) is 5.06. The maximum atomic E-state index is 11.6. The van der Waals surface area contributed by atoms with E-state index in [0.29, 0.717) is 0 Å². The highest BCUT2D eigenvalue weighted by Gasteiger charge is 2.50. The standard InChI is InChI=1S/C17H30N2O10/c1-6-11(18-7(2)22)16(14(25)10(5-21)27-6)29-17-12(19-8(3)23)15(26)13(24)9(4-20)28-17/h6,9-17,20-21,24-26H,4-5H2,1-3H3,(H,18,22)(H,19,23)/t6-,9-,10-,11+,12-,13-,14+,15-,16-,17-/m1/s1. The molecule has 12 heteroatoms. The molecule has 29 heavy (non-hydrogen) atoms. The second-order valence-electron chi connectivity index (χ2n) is 7.31. The Labute approximate surface area is 167 Å². The Bertz CT molecular complexity index is 578. The fraction of sp³-hybridized carbons (Fsp3) is 0.882. The molecule has 0 bridgehead atoms. The molecule has 2 amide bonds. The van der Waals surface area contributed by atoms with Crippen molar-refractivity contribution in [3.63, 3.8) is 0 Å². The van der Waals surface area contributed by atoms with Gasteiger partial charge in [0.25, 0.3) is 0 Å². The largest absolute Gasteiger partial charge is 0.394 e. The van der Waals surface area contributed by atoms with E-state index in [2.05, 4.69) is 10.6 Å². The summed E-state index contributed by atoms with van der Waals surface area (Å²) in [6.07, 6.45) is -9.81. The molecule has 0 unspecified atom stereocenters. The Kier molecular flexibility index (Phi) is 8.31. The van der Waals surface area contributed by atoms with Crippen LogP contribution >= 0.6 is 0 Å². The highest BCUT2D eigenvalue weighted by molar-refractivity contribution is 5.73. The molecule has 2 aliphatic rings. The van der Waals surface area contributed by atoms with Crippen molar-refractivity contribution >= 4 is 11.8 Å². The first-order valence-electron chi connectivity index (χ1n) is 9.37. The van der Waals surface area contributed by atoms with Gasteiger partial charge in [-0.3, -0.25) is 9.59 Å². The lowest BCUT2D eigenvalue weighted by molar-refractivity contribution is -0.308. The van der Waals surface area contributed by atoms with E-state index >= 15 is 0 Å². The summed E-state index contributed by atoms with van der Waals surface area (Å²) in [7, 11) is 0. The summed E-state index contributed by atoms with van der Waals surface area (Å²) >= 11 is 0. The number of nitrogens with one attached hydrogen (secondary N) is 2. The summed E-state index contributed by atoms with van der Waals surface area (Å²) in [4.78, 5) is 23.2. The number of aliphatic hydroxyl groups is 5. The molecular weight excluding hydrogens is 392 g/mol. The minimum Gasteiger partial charge on any atom is -0.394 e. The number of rotatable bonds is 6. The van der Waals surface area contributed by atoms with E-state index in [9.17, 15) is 35.1 Å². The molecule has 0 aromatic carbocycles. The van der Waals surface area contributed by atoms with Crippen molar-refractivity contribution in [3.05, 3.63) is 0 Å². The predicted molar refractivity (Wildman–Crippen MR) is 95.3 cm³/mol. The van der Waals surface area contributed by atoms with Gasteiger partial charge in [0.05, 0.1) is 25.4 Å². The number of amides is 2. The molecule has 2 heterocycles. The van der Waals surface area contributed by atoms with Crippen molar-refractivity contribution in [3.8, 4) is 0 Å². The topological polar surface area (TPSA) is 187 Å². The zero-order valence-corrected chi connectivity index (χ0v) is 16.5. The van der Waals surface area contributed by atoms with E-state index in [1.807, 2.05) is 0 Å². The molecule has 2 aliphatic heterocycles.